The fourth-order valence-electron chi connectivity index (χ4n) is 2.16. The van der Waals surface area contributed by atoms with E-state index in [9.17, 15) is 4.79 Å². The minimum atomic E-state index is -0.327. The number of aromatic nitrogens is 2. The number of rotatable bonds is 3. The summed E-state index contributed by atoms with van der Waals surface area (Å²) in [4.78, 5) is 12.1. The predicted octanol–water partition coefficient (Wildman–Crippen LogP) is 4.47. The molecule has 0 bridgehead atoms. The Balaban J connectivity index is 1.71. The van der Waals surface area contributed by atoms with Gasteiger partial charge in [0, 0.05) is 11.3 Å². The molecule has 116 valence electrons. The molecule has 3 aromatic rings. The zero-order valence-corrected chi connectivity index (χ0v) is 13.6. The molecule has 0 fully saturated rings. The van der Waals surface area contributed by atoms with E-state index in [1.165, 1.54) is 11.3 Å². The molecule has 0 spiro atoms. The first-order valence-electron chi connectivity index (χ1n) is 7.16. The molecule has 0 saturated carbocycles. The minimum Gasteiger partial charge on any atom is -0.307 e. The van der Waals surface area contributed by atoms with Crippen LogP contribution in [-0.4, -0.2) is 16.2 Å². The average Bonchev–Trinajstić information content (AvgIpc) is 2.98. The van der Waals surface area contributed by atoms with Gasteiger partial charge >= 0.3 is 6.03 Å². The van der Waals surface area contributed by atoms with Crippen molar-refractivity contribution in [3.63, 3.8) is 0 Å². The van der Waals surface area contributed by atoms with Crippen LogP contribution in [0.25, 0.3) is 10.6 Å². The van der Waals surface area contributed by atoms with Crippen molar-refractivity contribution < 1.29 is 4.79 Å². The lowest BCUT2D eigenvalue weighted by molar-refractivity contribution is 0.262. The van der Waals surface area contributed by atoms with E-state index in [0.29, 0.717) is 5.13 Å². The Bertz CT molecular complexity index is 844. The fraction of sp³-hybridized carbons (Fsp3) is 0.118. The normalized spacial score (nSPS) is 10.3. The van der Waals surface area contributed by atoms with Crippen LogP contribution in [0, 0.1) is 13.8 Å². The van der Waals surface area contributed by atoms with Gasteiger partial charge in [-0.25, -0.2) is 4.79 Å². The van der Waals surface area contributed by atoms with E-state index < -0.39 is 0 Å². The fourth-order valence-corrected chi connectivity index (χ4v) is 2.99. The lowest BCUT2D eigenvalue weighted by Gasteiger charge is -2.07. The average molecular weight is 324 g/mol. The molecule has 2 aromatic carbocycles. The summed E-state index contributed by atoms with van der Waals surface area (Å²) in [7, 11) is 0. The van der Waals surface area contributed by atoms with Crippen LogP contribution in [0.5, 0.6) is 0 Å². The summed E-state index contributed by atoms with van der Waals surface area (Å²) in [5.74, 6) is 0. The van der Waals surface area contributed by atoms with Crippen LogP contribution in [0.2, 0.25) is 0 Å². The van der Waals surface area contributed by atoms with Gasteiger partial charge in [-0.05, 0) is 31.0 Å². The molecule has 0 unspecified atom stereocenters. The summed E-state index contributed by atoms with van der Waals surface area (Å²) < 4.78 is 0. The zero-order valence-electron chi connectivity index (χ0n) is 12.8. The number of aryl methyl sites for hydroxylation is 2. The standard InChI is InChI=1S/C17H16N4OS/c1-11-7-3-5-9-13(11)15-20-21-17(23-15)19-16(22)18-14-10-6-4-8-12(14)2/h3-10H,1-2H3,(H2,18,19,21,22). The van der Waals surface area contributed by atoms with Gasteiger partial charge in [-0.15, -0.1) is 10.2 Å². The Morgan fingerprint density at radius 1 is 0.913 bits per heavy atom. The highest BCUT2D eigenvalue weighted by Gasteiger charge is 2.11. The molecule has 0 saturated heterocycles. The number of carbonyl (C=O) groups excluding carboxylic acids is 1. The molecule has 0 atom stereocenters. The van der Waals surface area contributed by atoms with Gasteiger partial charge in [0.15, 0.2) is 0 Å². The van der Waals surface area contributed by atoms with E-state index in [2.05, 4.69) is 20.8 Å². The molecule has 6 heteroatoms. The SMILES string of the molecule is Cc1ccccc1NC(=O)Nc1nnc(-c2ccccc2C)s1. The van der Waals surface area contributed by atoms with E-state index in [1.807, 2.05) is 62.4 Å². The van der Waals surface area contributed by atoms with Crippen molar-refractivity contribution >= 4 is 28.2 Å². The minimum absolute atomic E-state index is 0.327. The number of hydrogen-bond acceptors (Lipinski definition) is 4. The molecule has 2 amide bonds. The van der Waals surface area contributed by atoms with Gasteiger partial charge in [-0.2, -0.15) is 0 Å². The molecular weight excluding hydrogens is 308 g/mol. The molecule has 0 aliphatic heterocycles. The quantitative estimate of drug-likeness (QED) is 0.747. The van der Waals surface area contributed by atoms with E-state index in [0.717, 1.165) is 27.4 Å². The van der Waals surface area contributed by atoms with Gasteiger partial charge in [-0.3, -0.25) is 5.32 Å². The molecule has 0 radical (unpaired) electrons. The first-order valence-corrected chi connectivity index (χ1v) is 7.98. The number of amides is 2. The zero-order chi connectivity index (χ0) is 16.2. The highest BCUT2D eigenvalue weighted by molar-refractivity contribution is 7.18. The Hall–Kier alpha value is -2.73. The first-order chi connectivity index (χ1) is 11.1. The van der Waals surface area contributed by atoms with Crippen molar-refractivity contribution in [2.45, 2.75) is 13.8 Å². The third kappa shape index (κ3) is 3.54. The topological polar surface area (TPSA) is 66.9 Å². The Labute approximate surface area is 138 Å². The molecule has 5 nitrogen and oxygen atoms in total. The molecule has 0 aliphatic carbocycles. The molecule has 3 rings (SSSR count). The largest absolute Gasteiger partial charge is 0.325 e. The van der Waals surface area contributed by atoms with E-state index >= 15 is 0 Å². The highest BCUT2D eigenvalue weighted by Crippen LogP contribution is 2.28. The lowest BCUT2D eigenvalue weighted by atomic mass is 10.1. The molecule has 1 aromatic heterocycles. The van der Waals surface area contributed by atoms with Crippen molar-refractivity contribution in [2.75, 3.05) is 10.6 Å². The van der Waals surface area contributed by atoms with E-state index in [-0.39, 0.29) is 6.03 Å². The van der Waals surface area contributed by atoms with Gasteiger partial charge in [0.05, 0.1) is 0 Å². The third-order valence-electron chi connectivity index (χ3n) is 3.41. The number of anilines is 2. The maximum atomic E-state index is 12.1. The van der Waals surface area contributed by atoms with E-state index in [4.69, 9.17) is 0 Å². The summed E-state index contributed by atoms with van der Waals surface area (Å²) in [6.07, 6.45) is 0. The number of nitrogens with zero attached hydrogens (tertiary/aromatic N) is 2. The van der Waals surface area contributed by atoms with Crippen LogP contribution < -0.4 is 10.6 Å². The van der Waals surface area contributed by atoms with Gasteiger partial charge in [-0.1, -0.05) is 53.8 Å². The second kappa shape index (κ2) is 6.58. The van der Waals surface area contributed by atoms with Gasteiger partial charge in [0.2, 0.25) is 5.13 Å². The van der Waals surface area contributed by atoms with Gasteiger partial charge in [0.25, 0.3) is 0 Å². The maximum Gasteiger partial charge on any atom is 0.325 e. The summed E-state index contributed by atoms with van der Waals surface area (Å²) >= 11 is 1.35. The summed E-state index contributed by atoms with van der Waals surface area (Å²) in [6, 6.07) is 15.2. The van der Waals surface area contributed by atoms with E-state index in [1.54, 1.807) is 0 Å². The summed E-state index contributed by atoms with van der Waals surface area (Å²) in [6.45, 7) is 3.96. The predicted molar refractivity (Wildman–Crippen MR) is 93.9 cm³/mol. The van der Waals surface area contributed by atoms with Crippen LogP contribution in [0.15, 0.2) is 48.5 Å². The number of carbonyl (C=O) groups is 1. The van der Waals surface area contributed by atoms with Crippen LogP contribution in [-0.2, 0) is 0 Å². The molecule has 23 heavy (non-hydrogen) atoms. The lowest BCUT2D eigenvalue weighted by Crippen LogP contribution is -2.19. The Morgan fingerprint density at radius 3 is 2.35 bits per heavy atom. The van der Waals surface area contributed by atoms with Crippen LogP contribution in [0.4, 0.5) is 15.6 Å². The first kappa shape index (κ1) is 15.2. The van der Waals surface area contributed by atoms with Crippen LogP contribution >= 0.6 is 11.3 Å². The molecule has 2 N–H and O–H groups in total. The number of nitrogens with one attached hydrogen (secondary N) is 2. The molecule has 0 aliphatic rings. The van der Waals surface area contributed by atoms with Crippen molar-refractivity contribution in [1.29, 1.82) is 0 Å². The summed E-state index contributed by atoms with van der Waals surface area (Å²) in [5, 5.41) is 15.0. The molecule has 1 heterocycles. The third-order valence-corrected chi connectivity index (χ3v) is 4.29. The highest BCUT2D eigenvalue weighted by atomic mass is 32.1. The maximum absolute atomic E-state index is 12.1. The number of urea groups is 1. The van der Waals surface area contributed by atoms with Crippen molar-refractivity contribution in [2.24, 2.45) is 0 Å². The second-order valence-electron chi connectivity index (χ2n) is 5.12. The van der Waals surface area contributed by atoms with Crippen molar-refractivity contribution in [1.82, 2.24) is 10.2 Å². The smallest absolute Gasteiger partial charge is 0.307 e. The van der Waals surface area contributed by atoms with Crippen LogP contribution in [0.1, 0.15) is 11.1 Å². The molecular formula is C17H16N4OS. The van der Waals surface area contributed by atoms with Crippen molar-refractivity contribution in [3.05, 3.63) is 59.7 Å². The Morgan fingerprint density at radius 2 is 1.61 bits per heavy atom. The van der Waals surface area contributed by atoms with Crippen LogP contribution in [0.3, 0.4) is 0 Å². The van der Waals surface area contributed by atoms with Gasteiger partial charge in [0.1, 0.15) is 5.01 Å². The number of hydrogen-bond donors (Lipinski definition) is 2. The van der Waals surface area contributed by atoms with Crippen molar-refractivity contribution in [3.8, 4) is 10.6 Å². The monoisotopic (exact) mass is 324 g/mol. The second-order valence-corrected chi connectivity index (χ2v) is 6.10. The summed E-state index contributed by atoms with van der Waals surface area (Å²) in [5.41, 5.74) is 3.92. The number of benzene rings is 2. The van der Waals surface area contributed by atoms with Gasteiger partial charge < -0.3 is 5.32 Å². The Kier molecular flexibility index (Phi) is 4.34. The number of para-hydroxylation sites is 1.